The third-order valence-corrected chi connectivity index (χ3v) is 22.7. The number of aliphatic hydroxyl groups is 11. The fraction of sp³-hybridized carbons (Fsp3) is 0.900. The van der Waals surface area contributed by atoms with Crippen molar-refractivity contribution in [3.63, 3.8) is 0 Å². The number of carbonyl (C=O) groups is 1. The zero-order chi connectivity index (χ0) is 78.8. The predicted octanol–water partition coefficient (Wildman–Crippen LogP) is 17.2. The van der Waals surface area contributed by atoms with Crippen LogP contribution in [-0.4, -0.2) is 193 Å². The van der Waals surface area contributed by atoms with Gasteiger partial charge in [-0.05, 0) is 51.4 Å². The minimum Gasteiger partial charge on any atom is -0.394 e. The van der Waals surface area contributed by atoms with Gasteiger partial charge in [0, 0.05) is 6.42 Å². The van der Waals surface area contributed by atoms with Gasteiger partial charge in [0.25, 0.3) is 0 Å². The summed E-state index contributed by atoms with van der Waals surface area (Å²) in [7, 11) is 0. The number of nitrogens with one attached hydrogen (secondary N) is 1. The van der Waals surface area contributed by atoms with E-state index in [2.05, 4.69) is 67.8 Å². The molecule has 3 heterocycles. The monoisotopic (exact) mass is 1550 g/mol. The van der Waals surface area contributed by atoms with E-state index in [0.29, 0.717) is 12.8 Å². The van der Waals surface area contributed by atoms with Gasteiger partial charge in [-0.15, -0.1) is 0 Å². The van der Waals surface area contributed by atoms with Crippen molar-refractivity contribution in [3.05, 3.63) is 48.6 Å². The maximum atomic E-state index is 13.5. The van der Waals surface area contributed by atoms with Gasteiger partial charge >= 0.3 is 0 Å². The normalized spacial score (nSPS) is 25.5. The number of allylic oxidation sites excluding steroid dienone is 8. The molecular formula is C90H167NO18. The molecule has 0 saturated carbocycles. The van der Waals surface area contributed by atoms with Crippen molar-refractivity contribution in [2.75, 3.05) is 26.4 Å². The highest BCUT2D eigenvalue weighted by Crippen LogP contribution is 2.34. The van der Waals surface area contributed by atoms with E-state index in [1.165, 1.54) is 283 Å². The number of carbonyl (C=O) groups excluding carboxylic acids is 1. The second kappa shape index (κ2) is 70.0. The topological polar surface area (TPSA) is 307 Å². The third kappa shape index (κ3) is 48.8. The van der Waals surface area contributed by atoms with Gasteiger partial charge in [0.15, 0.2) is 18.9 Å². The van der Waals surface area contributed by atoms with Gasteiger partial charge in [0.1, 0.15) is 73.2 Å². The molecular weight excluding hydrogens is 1380 g/mol. The summed E-state index contributed by atoms with van der Waals surface area (Å²) in [5.41, 5.74) is 0. The molecule has 0 aliphatic carbocycles. The Hall–Kier alpha value is -2.25. The minimum absolute atomic E-state index is 0.234. The smallest absolute Gasteiger partial charge is 0.220 e. The Morgan fingerprint density at radius 2 is 0.633 bits per heavy atom. The van der Waals surface area contributed by atoms with Crippen LogP contribution in [0.4, 0.5) is 0 Å². The fourth-order valence-electron chi connectivity index (χ4n) is 15.5. The minimum atomic E-state index is -1.97. The van der Waals surface area contributed by atoms with Gasteiger partial charge in [-0.3, -0.25) is 4.79 Å². The van der Waals surface area contributed by atoms with Crippen LogP contribution in [0.5, 0.6) is 0 Å². The predicted molar refractivity (Wildman–Crippen MR) is 439 cm³/mol. The molecule has 3 aliphatic heterocycles. The van der Waals surface area contributed by atoms with Crippen molar-refractivity contribution in [2.24, 2.45) is 0 Å². The molecule has 17 unspecified atom stereocenters. The second-order valence-corrected chi connectivity index (χ2v) is 32.4. The van der Waals surface area contributed by atoms with Gasteiger partial charge in [0.2, 0.25) is 5.91 Å². The van der Waals surface area contributed by atoms with Crippen LogP contribution in [0.3, 0.4) is 0 Å². The average molecular weight is 1550 g/mol. The maximum Gasteiger partial charge on any atom is 0.220 e. The number of ether oxygens (including phenoxy) is 6. The first-order chi connectivity index (χ1) is 53.3. The molecule has 19 heteroatoms. The van der Waals surface area contributed by atoms with Crippen LogP contribution in [0.25, 0.3) is 0 Å². The molecule has 0 radical (unpaired) electrons. The van der Waals surface area contributed by atoms with E-state index in [1.54, 1.807) is 0 Å². The van der Waals surface area contributed by atoms with Crippen LogP contribution in [0.2, 0.25) is 0 Å². The SMILES string of the molecule is CC/C=C\C/C=C\C/C=C\C/C=C\CCCCCCCCCCCCCCCCCCCCCCCCCCCCC(=O)NC(COC1OC(CO)C(OC2OC(CO)C(OC3OC(CO)C(O)C(O)C3O)C(O)C2O)C(O)C1O)C(O)CCCCCCCCCCCCCCCCCCCCCCCCCCC. The van der Waals surface area contributed by atoms with Crippen LogP contribution in [-0.2, 0) is 33.2 Å². The summed E-state index contributed by atoms with van der Waals surface area (Å²) in [6.45, 7) is 1.76. The molecule has 0 aromatic heterocycles. The van der Waals surface area contributed by atoms with Gasteiger partial charge < -0.3 is 89.9 Å². The van der Waals surface area contributed by atoms with E-state index in [1.807, 2.05) is 0 Å². The number of unbranched alkanes of at least 4 members (excludes halogenated alkanes) is 50. The van der Waals surface area contributed by atoms with Crippen molar-refractivity contribution in [2.45, 2.75) is 491 Å². The third-order valence-electron chi connectivity index (χ3n) is 22.7. The Morgan fingerprint density at radius 3 is 0.991 bits per heavy atom. The number of aliphatic hydroxyl groups excluding tert-OH is 11. The molecule has 3 aliphatic rings. The Bertz CT molecular complexity index is 2150. The lowest BCUT2D eigenvalue weighted by atomic mass is 9.96. The Kier molecular flexibility index (Phi) is 64.8. The van der Waals surface area contributed by atoms with E-state index in [4.69, 9.17) is 28.4 Å². The van der Waals surface area contributed by atoms with E-state index >= 15 is 0 Å². The number of amides is 1. The first-order valence-electron chi connectivity index (χ1n) is 45.4. The molecule has 0 aromatic carbocycles. The van der Waals surface area contributed by atoms with Crippen LogP contribution < -0.4 is 5.32 Å². The summed E-state index contributed by atoms with van der Waals surface area (Å²) < 4.78 is 34.6. The zero-order valence-electron chi connectivity index (χ0n) is 69.1. The number of rotatable bonds is 74. The summed E-state index contributed by atoms with van der Waals surface area (Å²) >= 11 is 0. The molecule has 0 bridgehead atoms. The van der Waals surface area contributed by atoms with Gasteiger partial charge in [0.05, 0.1) is 38.6 Å². The van der Waals surface area contributed by atoms with E-state index in [9.17, 15) is 61.0 Å². The molecule has 640 valence electrons. The van der Waals surface area contributed by atoms with Crippen molar-refractivity contribution in [1.29, 1.82) is 0 Å². The molecule has 0 spiro atoms. The van der Waals surface area contributed by atoms with Crippen molar-refractivity contribution >= 4 is 5.91 Å². The highest BCUT2D eigenvalue weighted by molar-refractivity contribution is 5.76. The van der Waals surface area contributed by atoms with Crippen LogP contribution in [0, 0.1) is 0 Å². The molecule has 3 saturated heterocycles. The highest BCUT2D eigenvalue weighted by atomic mass is 16.8. The summed E-state index contributed by atoms with van der Waals surface area (Å²) in [6, 6.07) is -0.887. The first kappa shape index (κ1) is 101. The summed E-state index contributed by atoms with van der Waals surface area (Å²) in [4.78, 5) is 13.5. The molecule has 3 fully saturated rings. The molecule has 0 aromatic rings. The average Bonchev–Trinajstić information content (AvgIpc) is 0.759. The standard InChI is InChI=1S/C90H167NO18/c1-3-5-7-9-11-13-15-17-19-21-23-25-27-29-30-31-32-33-34-35-36-37-38-39-40-41-42-44-46-48-50-52-54-56-58-60-62-64-66-68-78(96)91-73(74(95)67-65-63-61-59-57-55-53-51-49-47-45-43-28-26-24-22-20-18-16-14-12-10-8-6-4-2)72-104-88-84(102)81(99)86(76(70-93)106-88)109-90-85(103)82(100)87(77(71-94)107-90)108-89-83(101)80(98)79(97)75(69-92)105-89/h5,7,11,13,17,19,23,25,73-77,79-90,92-95,97-103H,3-4,6,8-10,12,14-16,18,20-22,24,26-72H2,1-2H3,(H,91,96)/b7-5-,13-11-,19-17-,25-23-. The molecule has 19 nitrogen and oxygen atoms in total. The zero-order valence-corrected chi connectivity index (χ0v) is 69.1. The quantitative estimate of drug-likeness (QED) is 0.0199. The lowest BCUT2D eigenvalue weighted by Crippen LogP contribution is -2.66. The van der Waals surface area contributed by atoms with Crippen LogP contribution >= 0.6 is 0 Å². The van der Waals surface area contributed by atoms with E-state index in [0.717, 1.165) is 70.6 Å². The van der Waals surface area contributed by atoms with Crippen molar-refractivity contribution in [3.8, 4) is 0 Å². The number of hydrogen-bond donors (Lipinski definition) is 12. The van der Waals surface area contributed by atoms with E-state index < -0.39 is 124 Å². The lowest BCUT2D eigenvalue weighted by molar-refractivity contribution is -0.379. The number of hydrogen-bond acceptors (Lipinski definition) is 18. The molecule has 17 atom stereocenters. The Labute approximate surface area is 663 Å². The fourth-order valence-corrected chi connectivity index (χ4v) is 15.5. The molecule has 3 rings (SSSR count). The Balaban J connectivity index is 1.29. The van der Waals surface area contributed by atoms with Crippen LogP contribution in [0.15, 0.2) is 48.6 Å². The summed E-state index contributed by atoms with van der Waals surface area (Å²) in [6.07, 6.45) is 63.7. The summed E-state index contributed by atoms with van der Waals surface area (Å²) in [5, 5.41) is 121. The Morgan fingerprint density at radius 1 is 0.339 bits per heavy atom. The molecule has 109 heavy (non-hydrogen) atoms. The van der Waals surface area contributed by atoms with Gasteiger partial charge in [-0.1, -0.05) is 377 Å². The van der Waals surface area contributed by atoms with Crippen LogP contribution in [0.1, 0.15) is 386 Å². The molecule has 1 amide bonds. The van der Waals surface area contributed by atoms with Crippen molar-refractivity contribution < 1.29 is 89.4 Å². The highest BCUT2D eigenvalue weighted by Gasteiger charge is 2.54. The van der Waals surface area contributed by atoms with E-state index in [-0.39, 0.29) is 18.9 Å². The van der Waals surface area contributed by atoms with Gasteiger partial charge in [-0.2, -0.15) is 0 Å². The largest absolute Gasteiger partial charge is 0.394 e. The lowest BCUT2D eigenvalue weighted by Gasteiger charge is -2.48. The van der Waals surface area contributed by atoms with Crippen molar-refractivity contribution in [1.82, 2.24) is 5.32 Å². The maximum absolute atomic E-state index is 13.5. The van der Waals surface area contributed by atoms with Gasteiger partial charge in [-0.25, -0.2) is 0 Å². The molecule has 12 N–H and O–H groups in total. The second-order valence-electron chi connectivity index (χ2n) is 32.4. The summed E-state index contributed by atoms with van der Waals surface area (Å²) in [5.74, 6) is -0.234. The first-order valence-corrected chi connectivity index (χ1v) is 45.4.